The van der Waals surface area contributed by atoms with Gasteiger partial charge in [-0.3, -0.25) is 9.20 Å². The van der Waals surface area contributed by atoms with Crippen molar-refractivity contribution in [1.29, 1.82) is 0 Å². The number of hydrogen-bond acceptors (Lipinski definition) is 7. The van der Waals surface area contributed by atoms with Gasteiger partial charge in [0.05, 0.1) is 12.5 Å². The maximum Gasteiger partial charge on any atom is 0.233 e. The zero-order valence-corrected chi connectivity index (χ0v) is 19.2. The third-order valence-electron chi connectivity index (χ3n) is 7.08. The Labute approximate surface area is 196 Å². The number of aromatic nitrogens is 6. The molecule has 176 valence electrons. The van der Waals surface area contributed by atoms with Gasteiger partial charge in [-0.1, -0.05) is 0 Å². The minimum Gasteiger partial charge on any atom is -0.480 e. The lowest BCUT2D eigenvalue weighted by Crippen LogP contribution is -2.37. The average Bonchev–Trinajstić information content (AvgIpc) is 3.64. The van der Waals surface area contributed by atoms with Crippen molar-refractivity contribution in [3.8, 4) is 17.0 Å². The number of nitrogens with zero attached hydrogens (tertiary/aromatic N) is 6. The van der Waals surface area contributed by atoms with E-state index in [-0.39, 0.29) is 12.0 Å². The number of methoxy groups -OCH3 is 1. The van der Waals surface area contributed by atoms with Gasteiger partial charge in [0.15, 0.2) is 0 Å². The SMILES string of the molecule is COc1nc(N[C@H]2CC[C@@H](C(=O)N3CCCC3)CC2)nc2[nH]cc(-c3cnc4nccn4c3)c12. The molecule has 0 aromatic carbocycles. The molecule has 0 radical (unpaired) electrons. The fraction of sp³-hybridized carbons (Fsp3) is 0.458. The zero-order valence-electron chi connectivity index (χ0n) is 19.2. The van der Waals surface area contributed by atoms with Crippen LogP contribution in [0.15, 0.2) is 31.0 Å². The topological polar surface area (TPSA) is 113 Å². The first-order valence-electron chi connectivity index (χ1n) is 12.0. The number of H-pyrrole nitrogens is 1. The van der Waals surface area contributed by atoms with Gasteiger partial charge in [0.1, 0.15) is 5.65 Å². The fourth-order valence-corrected chi connectivity index (χ4v) is 5.26. The van der Waals surface area contributed by atoms with E-state index in [2.05, 4.69) is 25.3 Å². The molecule has 1 saturated carbocycles. The first kappa shape index (κ1) is 20.9. The van der Waals surface area contributed by atoms with E-state index >= 15 is 0 Å². The molecule has 0 spiro atoms. The number of carbonyl (C=O) groups excluding carboxylic acids is 1. The average molecular weight is 461 g/mol. The molecule has 0 unspecified atom stereocenters. The Kier molecular flexibility index (Phi) is 5.27. The lowest BCUT2D eigenvalue weighted by molar-refractivity contribution is -0.135. The first-order chi connectivity index (χ1) is 16.7. The van der Waals surface area contributed by atoms with E-state index in [1.807, 2.05) is 27.9 Å². The third kappa shape index (κ3) is 3.72. The fourth-order valence-electron chi connectivity index (χ4n) is 5.26. The van der Waals surface area contributed by atoms with E-state index in [0.29, 0.717) is 29.2 Å². The number of ether oxygens (including phenoxy) is 1. The van der Waals surface area contributed by atoms with Crippen molar-refractivity contribution in [2.45, 2.75) is 44.6 Å². The molecule has 6 rings (SSSR count). The normalized spacial score (nSPS) is 20.8. The summed E-state index contributed by atoms with van der Waals surface area (Å²) in [4.78, 5) is 36.0. The van der Waals surface area contributed by atoms with Crippen molar-refractivity contribution in [3.05, 3.63) is 31.0 Å². The molecule has 1 amide bonds. The van der Waals surface area contributed by atoms with Crippen LogP contribution in [0.1, 0.15) is 38.5 Å². The van der Waals surface area contributed by atoms with Gasteiger partial charge in [0.2, 0.25) is 23.5 Å². The minimum atomic E-state index is 0.154. The predicted octanol–water partition coefficient (Wildman–Crippen LogP) is 3.27. The zero-order chi connectivity index (χ0) is 23.1. The summed E-state index contributed by atoms with van der Waals surface area (Å²) < 4.78 is 7.53. The number of imidazole rings is 1. The summed E-state index contributed by atoms with van der Waals surface area (Å²) in [5, 5.41) is 4.29. The molecular weight excluding hydrogens is 432 g/mol. The number of hydrogen-bond donors (Lipinski definition) is 2. The quantitative estimate of drug-likeness (QED) is 0.470. The number of anilines is 1. The Morgan fingerprint density at radius 3 is 2.76 bits per heavy atom. The van der Waals surface area contributed by atoms with Crippen molar-refractivity contribution in [3.63, 3.8) is 0 Å². The highest BCUT2D eigenvalue weighted by Crippen LogP contribution is 2.35. The summed E-state index contributed by atoms with van der Waals surface area (Å²) in [6.07, 6.45) is 15.2. The molecule has 34 heavy (non-hydrogen) atoms. The first-order valence-corrected chi connectivity index (χ1v) is 12.0. The van der Waals surface area contributed by atoms with Gasteiger partial charge in [0.25, 0.3) is 0 Å². The standard InChI is InChI=1S/C24H28N8O2/c1-34-21-19-18(16-12-27-24-25-8-11-32(24)14-16)13-26-20(19)29-23(30-21)28-17-6-4-15(5-7-17)22(33)31-9-2-3-10-31/h8,11-15,17H,2-7,9-10H2,1H3,(H2,26,28,29,30)/t15-,17+. The molecule has 1 aliphatic carbocycles. The van der Waals surface area contributed by atoms with E-state index in [9.17, 15) is 4.79 Å². The van der Waals surface area contributed by atoms with E-state index < -0.39 is 0 Å². The molecule has 5 heterocycles. The molecule has 0 atom stereocenters. The summed E-state index contributed by atoms with van der Waals surface area (Å²) >= 11 is 0. The van der Waals surface area contributed by atoms with Gasteiger partial charge in [-0.25, -0.2) is 9.97 Å². The second-order valence-corrected chi connectivity index (χ2v) is 9.18. The number of aromatic amines is 1. The Morgan fingerprint density at radius 1 is 1.15 bits per heavy atom. The number of nitrogens with one attached hydrogen (secondary N) is 2. The van der Waals surface area contributed by atoms with Gasteiger partial charge in [-0.05, 0) is 38.5 Å². The van der Waals surface area contributed by atoms with Crippen LogP contribution < -0.4 is 10.1 Å². The Balaban J connectivity index is 1.20. The second-order valence-electron chi connectivity index (χ2n) is 9.18. The highest BCUT2D eigenvalue weighted by molar-refractivity contribution is 5.97. The summed E-state index contributed by atoms with van der Waals surface area (Å²) in [5.74, 6) is 2.19. The van der Waals surface area contributed by atoms with Crippen LogP contribution >= 0.6 is 0 Å². The predicted molar refractivity (Wildman–Crippen MR) is 128 cm³/mol. The van der Waals surface area contributed by atoms with Crippen LogP contribution in [-0.2, 0) is 4.79 Å². The molecule has 2 N–H and O–H groups in total. The number of carbonyl (C=O) groups is 1. The van der Waals surface area contributed by atoms with E-state index in [0.717, 1.165) is 68.1 Å². The van der Waals surface area contributed by atoms with Gasteiger partial charge in [-0.15, -0.1) is 0 Å². The van der Waals surface area contributed by atoms with Crippen molar-refractivity contribution in [2.24, 2.45) is 5.92 Å². The lowest BCUT2D eigenvalue weighted by atomic mass is 9.85. The second kappa shape index (κ2) is 8.58. The molecule has 0 bridgehead atoms. The number of amides is 1. The Morgan fingerprint density at radius 2 is 1.97 bits per heavy atom. The molecule has 4 aromatic heterocycles. The number of likely N-dealkylation sites (tertiary alicyclic amines) is 1. The molecule has 2 aliphatic rings. The Hall–Kier alpha value is -3.69. The molecule has 4 aromatic rings. The molecule has 1 aliphatic heterocycles. The number of rotatable bonds is 5. The smallest absolute Gasteiger partial charge is 0.233 e. The maximum atomic E-state index is 12.7. The van der Waals surface area contributed by atoms with E-state index in [4.69, 9.17) is 9.72 Å². The van der Waals surface area contributed by atoms with Crippen LogP contribution in [0.5, 0.6) is 5.88 Å². The van der Waals surface area contributed by atoms with Crippen LogP contribution in [0, 0.1) is 5.92 Å². The largest absolute Gasteiger partial charge is 0.480 e. The monoisotopic (exact) mass is 460 g/mol. The van der Waals surface area contributed by atoms with Crippen molar-refractivity contribution < 1.29 is 9.53 Å². The summed E-state index contributed by atoms with van der Waals surface area (Å²) in [5.41, 5.74) is 2.54. The summed E-state index contributed by atoms with van der Waals surface area (Å²) in [6, 6.07) is 0.243. The summed E-state index contributed by atoms with van der Waals surface area (Å²) in [6.45, 7) is 1.85. The highest BCUT2D eigenvalue weighted by atomic mass is 16.5. The van der Waals surface area contributed by atoms with Crippen molar-refractivity contribution in [2.75, 3.05) is 25.5 Å². The molecule has 10 nitrogen and oxygen atoms in total. The molecule has 1 saturated heterocycles. The molecule has 2 fully saturated rings. The molecule has 10 heteroatoms. The van der Waals surface area contributed by atoms with Crippen LogP contribution in [0.2, 0.25) is 0 Å². The van der Waals surface area contributed by atoms with Gasteiger partial charge in [0, 0.05) is 67.2 Å². The highest BCUT2D eigenvalue weighted by Gasteiger charge is 2.31. The van der Waals surface area contributed by atoms with Crippen molar-refractivity contribution in [1.82, 2.24) is 34.2 Å². The third-order valence-corrected chi connectivity index (χ3v) is 7.08. The van der Waals surface area contributed by atoms with Gasteiger partial charge < -0.3 is 19.9 Å². The van der Waals surface area contributed by atoms with Crippen LogP contribution in [0.3, 0.4) is 0 Å². The number of fused-ring (bicyclic) bond motifs is 2. The van der Waals surface area contributed by atoms with E-state index in [1.54, 1.807) is 19.5 Å². The van der Waals surface area contributed by atoms with Crippen LogP contribution in [0.25, 0.3) is 27.9 Å². The van der Waals surface area contributed by atoms with Crippen LogP contribution in [-0.4, -0.2) is 66.4 Å². The molecular formula is C24H28N8O2. The summed E-state index contributed by atoms with van der Waals surface area (Å²) in [7, 11) is 1.62. The lowest BCUT2D eigenvalue weighted by Gasteiger charge is -2.30. The van der Waals surface area contributed by atoms with Gasteiger partial charge >= 0.3 is 0 Å². The minimum absolute atomic E-state index is 0.154. The maximum absolute atomic E-state index is 12.7. The van der Waals surface area contributed by atoms with Crippen molar-refractivity contribution >= 4 is 28.7 Å². The Bertz CT molecular complexity index is 1330. The van der Waals surface area contributed by atoms with Crippen LogP contribution in [0.4, 0.5) is 5.95 Å². The van der Waals surface area contributed by atoms with Gasteiger partial charge in [-0.2, -0.15) is 9.97 Å². The van der Waals surface area contributed by atoms with E-state index in [1.165, 1.54) is 0 Å².